The number of benzene rings is 1. The largest absolute Gasteiger partial charge is 0.478 e. The number of hydrogen-bond acceptors (Lipinski definition) is 3. The van der Waals surface area contributed by atoms with E-state index in [1.54, 1.807) is 6.92 Å². The highest BCUT2D eigenvalue weighted by Crippen LogP contribution is 2.27. The average molecular weight is 352 g/mol. The maximum atomic E-state index is 11.5. The van der Waals surface area contributed by atoms with Crippen molar-refractivity contribution < 1.29 is 19.4 Å². The van der Waals surface area contributed by atoms with Gasteiger partial charge in [0, 0.05) is 8.95 Å². The van der Waals surface area contributed by atoms with Gasteiger partial charge in [0.05, 0.1) is 17.7 Å². The van der Waals surface area contributed by atoms with E-state index in [1.807, 2.05) is 0 Å². The zero-order valence-corrected chi connectivity index (χ0v) is 11.5. The molecule has 0 fully saturated rings. The van der Waals surface area contributed by atoms with Gasteiger partial charge in [-0.05, 0) is 35.0 Å². The van der Waals surface area contributed by atoms with Crippen molar-refractivity contribution in [2.45, 2.75) is 6.92 Å². The lowest BCUT2D eigenvalue weighted by Crippen LogP contribution is -2.09. The Morgan fingerprint density at radius 2 is 1.88 bits per heavy atom. The van der Waals surface area contributed by atoms with Crippen LogP contribution in [0.3, 0.4) is 0 Å². The van der Waals surface area contributed by atoms with E-state index in [2.05, 4.69) is 31.9 Å². The zero-order chi connectivity index (χ0) is 12.3. The fraction of sp³-hybridized carbons (Fsp3) is 0.200. The SMILES string of the molecule is CCOC(=O)c1cc(Br)cc(C(=O)O)c1Br. The Labute approximate surface area is 109 Å². The first kappa shape index (κ1) is 13.2. The highest BCUT2D eigenvalue weighted by atomic mass is 79.9. The third-order valence-electron chi connectivity index (χ3n) is 1.76. The molecule has 0 bridgehead atoms. The quantitative estimate of drug-likeness (QED) is 0.850. The molecule has 1 rings (SSSR count). The molecule has 4 nitrogen and oxygen atoms in total. The number of carbonyl (C=O) groups is 2. The van der Waals surface area contributed by atoms with Gasteiger partial charge >= 0.3 is 11.9 Å². The second kappa shape index (κ2) is 5.45. The third-order valence-corrected chi connectivity index (χ3v) is 3.08. The van der Waals surface area contributed by atoms with Gasteiger partial charge in [0.15, 0.2) is 0 Å². The highest BCUT2D eigenvalue weighted by Gasteiger charge is 2.18. The Kier molecular flexibility index (Phi) is 4.49. The van der Waals surface area contributed by atoms with Crippen LogP contribution in [0.25, 0.3) is 0 Å². The lowest BCUT2D eigenvalue weighted by molar-refractivity contribution is 0.0525. The van der Waals surface area contributed by atoms with Crippen LogP contribution < -0.4 is 0 Å². The molecule has 0 spiro atoms. The van der Waals surface area contributed by atoms with Crippen LogP contribution in [0, 0.1) is 0 Å². The van der Waals surface area contributed by atoms with Crippen molar-refractivity contribution in [3.8, 4) is 0 Å². The molecule has 0 unspecified atom stereocenters. The van der Waals surface area contributed by atoms with Gasteiger partial charge in [-0.1, -0.05) is 15.9 Å². The van der Waals surface area contributed by atoms with Crippen molar-refractivity contribution in [3.63, 3.8) is 0 Å². The van der Waals surface area contributed by atoms with E-state index >= 15 is 0 Å². The van der Waals surface area contributed by atoms with Gasteiger partial charge in [-0.2, -0.15) is 0 Å². The van der Waals surface area contributed by atoms with Crippen LogP contribution in [-0.4, -0.2) is 23.7 Å². The summed E-state index contributed by atoms with van der Waals surface area (Å²) in [6.07, 6.45) is 0. The summed E-state index contributed by atoms with van der Waals surface area (Å²) >= 11 is 6.23. The average Bonchev–Trinajstić information content (AvgIpc) is 2.20. The highest BCUT2D eigenvalue weighted by molar-refractivity contribution is 9.11. The van der Waals surface area contributed by atoms with Crippen LogP contribution in [0.5, 0.6) is 0 Å². The van der Waals surface area contributed by atoms with Gasteiger partial charge in [-0.3, -0.25) is 0 Å². The number of carboxylic acid groups (broad SMARTS) is 1. The minimum absolute atomic E-state index is 0.0115. The van der Waals surface area contributed by atoms with Gasteiger partial charge in [0.25, 0.3) is 0 Å². The molecule has 0 radical (unpaired) electrons. The molecule has 0 heterocycles. The van der Waals surface area contributed by atoms with E-state index in [-0.39, 0.29) is 22.2 Å². The first-order valence-electron chi connectivity index (χ1n) is 4.36. The molecule has 0 saturated carbocycles. The predicted molar refractivity (Wildman–Crippen MR) is 64.8 cm³/mol. The number of halogens is 2. The molecule has 1 aromatic rings. The Bertz CT molecular complexity index is 443. The first-order chi connectivity index (χ1) is 7.47. The minimum atomic E-state index is -1.11. The summed E-state index contributed by atoms with van der Waals surface area (Å²) in [6, 6.07) is 2.92. The number of carboxylic acids is 1. The van der Waals surface area contributed by atoms with E-state index in [9.17, 15) is 9.59 Å². The number of ether oxygens (including phenoxy) is 1. The second-order valence-corrected chi connectivity index (χ2v) is 4.55. The molecule has 0 aliphatic carbocycles. The summed E-state index contributed by atoms with van der Waals surface area (Å²) in [5.74, 6) is -1.67. The summed E-state index contributed by atoms with van der Waals surface area (Å²) in [4.78, 5) is 22.4. The Morgan fingerprint density at radius 3 is 2.38 bits per heavy atom. The predicted octanol–water partition coefficient (Wildman–Crippen LogP) is 3.09. The monoisotopic (exact) mass is 350 g/mol. The van der Waals surface area contributed by atoms with E-state index < -0.39 is 11.9 Å². The van der Waals surface area contributed by atoms with Crippen LogP contribution in [0.4, 0.5) is 0 Å². The molecule has 86 valence electrons. The van der Waals surface area contributed by atoms with Crippen LogP contribution >= 0.6 is 31.9 Å². The van der Waals surface area contributed by atoms with Crippen LogP contribution in [0.15, 0.2) is 21.1 Å². The van der Waals surface area contributed by atoms with Gasteiger partial charge in [0.2, 0.25) is 0 Å². The molecular weight excluding hydrogens is 344 g/mol. The maximum absolute atomic E-state index is 11.5. The fourth-order valence-corrected chi connectivity index (χ4v) is 2.12. The van der Waals surface area contributed by atoms with Crippen LogP contribution in [0.1, 0.15) is 27.6 Å². The molecule has 1 aromatic carbocycles. The number of esters is 1. The number of carbonyl (C=O) groups excluding carboxylic acids is 1. The van der Waals surface area contributed by atoms with Crippen molar-refractivity contribution in [3.05, 3.63) is 32.2 Å². The van der Waals surface area contributed by atoms with Gasteiger partial charge < -0.3 is 9.84 Å². The van der Waals surface area contributed by atoms with Gasteiger partial charge in [-0.25, -0.2) is 9.59 Å². The number of rotatable bonds is 3. The zero-order valence-electron chi connectivity index (χ0n) is 8.29. The van der Waals surface area contributed by atoms with Crippen molar-refractivity contribution in [1.82, 2.24) is 0 Å². The summed E-state index contributed by atoms with van der Waals surface area (Å²) in [7, 11) is 0. The molecule has 16 heavy (non-hydrogen) atoms. The lowest BCUT2D eigenvalue weighted by atomic mass is 10.1. The molecule has 0 aliphatic rings. The number of aromatic carboxylic acids is 1. The normalized spacial score (nSPS) is 9.94. The summed E-state index contributed by atoms with van der Waals surface area (Å²) in [6.45, 7) is 1.92. The van der Waals surface area contributed by atoms with E-state index in [0.717, 1.165) is 0 Å². The first-order valence-corrected chi connectivity index (χ1v) is 5.95. The molecule has 0 saturated heterocycles. The van der Waals surface area contributed by atoms with Crippen molar-refractivity contribution in [1.29, 1.82) is 0 Å². The van der Waals surface area contributed by atoms with Gasteiger partial charge in [-0.15, -0.1) is 0 Å². The topological polar surface area (TPSA) is 63.6 Å². The van der Waals surface area contributed by atoms with E-state index in [0.29, 0.717) is 4.47 Å². The molecule has 1 N–H and O–H groups in total. The summed E-state index contributed by atoms with van der Waals surface area (Å²) in [5.41, 5.74) is 0.200. The maximum Gasteiger partial charge on any atom is 0.339 e. The Balaban J connectivity index is 3.29. The van der Waals surface area contributed by atoms with E-state index in [4.69, 9.17) is 9.84 Å². The fourth-order valence-electron chi connectivity index (χ4n) is 1.10. The molecular formula is C10H8Br2O4. The number of hydrogen-bond donors (Lipinski definition) is 1. The molecule has 6 heteroatoms. The van der Waals surface area contributed by atoms with Crippen molar-refractivity contribution in [2.24, 2.45) is 0 Å². The Hall–Kier alpha value is -0.880. The lowest BCUT2D eigenvalue weighted by Gasteiger charge is -2.07. The van der Waals surface area contributed by atoms with Gasteiger partial charge in [0.1, 0.15) is 0 Å². The molecule has 0 amide bonds. The molecule has 0 aromatic heterocycles. The summed E-state index contributed by atoms with van der Waals surface area (Å²) < 4.78 is 5.55. The molecule has 0 atom stereocenters. The standard InChI is InChI=1S/C10H8Br2O4/c1-2-16-10(15)7-4-5(11)3-6(8(7)12)9(13)14/h3-4H,2H2,1H3,(H,13,14). The third kappa shape index (κ3) is 2.82. The molecule has 0 aliphatic heterocycles. The van der Waals surface area contributed by atoms with Crippen LogP contribution in [-0.2, 0) is 4.74 Å². The smallest absolute Gasteiger partial charge is 0.339 e. The second-order valence-electron chi connectivity index (χ2n) is 2.84. The van der Waals surface area contributed by atoms with Crippen LogP contribution in [0.2, 0.25) is 0 Å². The minimum Gasteiger partial charge on any atom is -0.478 e. The van der Waals surface area contributed by atoms with E-state index in [1.165, 1.54) is 12.1 Å². The Morgan fingerprint density at radius 1 is 1.31 bits per heavy atom. The van der Waals surface area contributed by atoms with Crippen molar-refractivity contribution in [2.75, 3.05) is 6.61 Å². The van der Waals surface area contributed by atoms with Crippen molar-refractivity contribution >= 4 is 43.8 Å². The summed E-state index contributed by atoms with van der Waals surface area (Å²) in [5, 5.41) is 8.92.